The fourth-order valence-corrected chi connectivity index (χ4v) is 2.87. The molecular weight excluding hydrogens is 438 g/mol. The Kier molecular flexibility index (Phi) is 13.9. The van der Waals surface area contributed by atoms with Crippen molar-refractivity contribution in [2.75, 3.05) is 6.54 Å². The van der Waals surface area contributed by atoms with Gasteiger partial charge in [-0.05, 0) is 45.1 Å². The molecule has 5 atom stereocenters. The Hall–Kier alpha value is -2.77. The van der Waals surface area contributed by atoms with Gasteiger partial charge in [0.25, 0.3) is 0 Å². The Morgan fingerprint density at radius 1 is 0.818 bits per heavy atom. The zero-order valence-corrected chi connectivity index (χ0v) is 19.2. The summed E-state index contributed by atoms with van der Waals surface area (Å²) in [5.41, 5.74) is 11.2. The molecular formula is C20H37N5O8. The van der Waals surface area contributed by atoms with Crippen LogP contribution in [0.2, 0.25) is 0 Å². The molecule has 5 unspecified atom stereocenters. The van der Waals surface area contributed by atoms with Crippen molar-refractivity contribution in [3.05, 3.63) is 0 Å². The van der Waals surface area contributed by atoms with E-state index in [0.717, 1.165) is 0 Å². The van der Waals surface area contributed by atoms with Crippen LogP contribution in [0, 0.1) is 5.92 Å². The number of amides is 3. The minimum absolute atomic E-state index is 0.120. The maximum absolute atomic E-state index is 12.9. The van der Waals surface area contributed by atoms with Gasteiger partial charge in [0, 0.05) is 6.42 Å². The van der Waals surface area contributed by atoms with Crippen molar-refractivity contribution >= 4 is 29.7 Å². The van der Waals surface area contributed by atoms with Crippen molar-refractivity contribution in [1.82, 2.24) is 16.0 Å². The third-order valence-electron chi connectivity index (χ3n) is 4.88. The van der Waals surface area contributed by atoms with Crippen LogP contribution in [0.25, 0.3) is 0 Å². The average molecular weight is 476 g/mol. The first-order valence-electron chi connectivity index (χ1n) is 10.8. The van der Waals surface area contributed by atoms with Gasteiger partial charge in [-0.1, -0.05) is 13.8 Å². The van der Waals surface area contributed by atoms with Crippen LogP contribution in [0.15, 0.2) is 0 Å². The number of hydrogen-bond donors (Lipinski definition) is 8. The number of nitrogens with one attached hydrogen (secondary N) is 3. The molecule has 3 amide bonds. The molecule has 0 heterocycles. The summed E-state index contributed by atoms with van der Waals surface area (Å²) in [5, 5.41) is 34.7. The van der Waals surface area contributed by atoms with Crippen LogP contribution in [0.1, 0.15) is 52.9 Å². The van der Waals surface area contributed by atoms with E-state index in [2.05, 4.69) is 16.0 Å². The predicted octanol–water partition coefficient (Wildman–Crippen LogP) is -2.12. The molecule has 0 aliphatic rings. The van der Waals surface area contributed by atoms with Crippen LogP contribution >= 0.6 is 0 Å². The van der Waals surface area contributed by atoms with Crippen molar-refractivity contribution in [1.29, 1.82) is 0 Å². The van der Waals surface area contributed by atoms with Crippen molar-refractivity contribution in [2.24, 2.45) is 17.4 Å². The molecule has 0 rings (SSSR count). The topological polar surface area (TPSA) is 234 Å². The molecule has 13 heteroatoms. The Labute approximate surface area is 192 Å². The standard InChI is InChI=1S/C20H37N5O8/c1-10(2)15(19(31)25-16(11(3)26)20(32)33)24-18(30)13(6-4-5-9-21)23-17(29)12(22)7-8-14(27)28/h10-13,15-16,26H,4-9,21-22H2,1-3H3,(H,23,29)(H,24,30)(H,25,31)(H,27,28)(H,32,33). The van der Waals surface area contributed by atoms with Crippen molar-refractivity contribution < 1.29 is 39.3 Å². The first-order chi connectivity index (χ1) is 15.3. The quantitative estimate of drug-likeness (QED) is 0.113. The summed E-state index contributed by atoms with van der Waals surface area (Å²) in [6.07, 6.45) is -0.550. The fourth-order valence-electron chi connectivity index (χ4n) is 2.87. The molecule has 0 aromatic carbocycles. The summed E-state index contributed by atoms with van der Waals surface area (Å²) in [6.45, 7) is 4.84. The van der Waals surface area contributed by atoms with Crippen LogP contribution in [-0.2, 0) is 24.0 Å². The number of hydrogen-bond acceptors (Lipinski definition) is 8. The summed E-state index contributed by atoms with van der Waals surface area (Å²) in [7, 11) is 0. The zero-order chi connectivity index (χ0) is 25.7. The van der Waals surface area contributed by atoms with Gasteiger partial charge in [0.05, 0.1) is 12.1 Å². The van der Waals surface area contributed by atoms with Gasteiger partial charge in [0.15, 0.2) is 6.04 Å². The second-order valence-corrected chi connectivity index (χ2v) is 8.18. The van der Waals surface area contributed by atoms with Gasteiger partial charge < -0.3 is 42.7 Å². The SMILES string of the molecule is CC(C)C(NC(=O)C(CCCCN)NC(=O)C(N)CCC(=O)O)C(=O)NC(C(=O)O)C(C)O. The van der Waals surface area contributed by atoms with E-state index in [1.54, 1.807) is 13.8 Å². The highest BCUT2D eigenvalue weighted by atomic mass is 16.4. The number of carbonyl (C=O) groups is 5. The van der Waals surface area contributed by atoms with Crippen molar-refractivity contribution in [3.8, 4) is 0 Å². The Balaban J connectivity index is 5.40. The van der Waals surface area contributed by atoms with Crippen LogP contribution < -0.4 is 27.4 Å². The number of rotatable bonds is 16. The monoisotopic (exact) mass is 475 g/mol. The van der Waals surface area contributed by atoms with Gasteiger partial charge in [-0.2, -0.15) is 0 Å². The third kappa shape index (κ3) is 11.6. The predicted molar refractivity (Wildman–Crippen MR) is 118 cm³/mol. The summed E-state index contributed by atoms with van der Waals surface area (Å²) in [6, 6.07) is -4.92. The first-order valence-corrected chi connectivity index (χ1v) is 10.8. The minimum atomic E-state index is -1.57. The number of aliphatic hydroxyl groups is 1. The molecule has 0 aromatic rings. The maximum Gasteiger partial charge on any atom is 0.328 e. The number of nitrogens with two attached hydrogens (primary N) is 2. The van der Waals surface area contributed by atoms with Crippen LogP contribution in [0.4, 0.5) is 0 Å². The smallest absolute Gasteiger partial charge is 0.328 e. The van der Waals surface area contributed by atoms with Crippen LogP contribution in [-0.4, -0.2) is 81.8 Å². The van der Waals surface area contributed by atoms with E-state index in [1.807, 2.05) is 0 Å². The lowest BCUT2D eigenvalue weighted by atomic mass is 10.0. The van der Waals surface area contributed by atoms with Gasteiger partial charge >= 0.3 is 11.9 Å². The molecule has 0 spiro atoms. The molecule has 0 radical (unpaired) electrons. The van der Waals surface area contributed by atoms with Crippen LogP contribution in [0.3, 0.4) is 0 Å². The summed E-state index contributed by atoms with van der Waals surface area (Å²) < 4.78 is 0. The summed E-state index contributed by atoms with van der Waals surface area (Å²) in [4.78, 5) is 59.8. The third-order valence-corrected chi connectivity index (χ3v) is 4.88. The van der Waals surface area contributed by atoms with Gasteiger partial charge in [0.2, 0.25) is 17.7 Å². The molecule has 190 valence electrons. The number of carboxylic acids is 2. The Morgan fingerprint density at radius 2 is 1.39 bits per heavy atom. The molecule has 33 heavy (non-hydrogen) atoms. The zero-order valence-electron chi connectivity index (χ0n) is 19.2. The molecule has 13 nitrogen and oxygen atoms in total. The van der Waals surface area contributed by atoms with E-state index in [0.29, 0.717) is 19.4 Å². The molecule has 0 aliphatic carbocycles. The van der Waals surface area contributed by atoms with E-state index >= 15 is 0 Å². The van der Waals surface area contributed by atoms with Gasteiger partial charge in [-0.25, -0.2) is 4.79 Å². The number of aliphatic carboxylic acids is 2. The fraction of sp³-hybridized carbons (Fsp3) is 0.750. The maximum atomic E-state index is 12.9. The highest BCUT2D eigenvalue weighted by molar-refractivity contribution is 5.94. The lowest BCUT2D eigenvalue weighted by Crippen LogP contribution is -2.59. The lowest BCUT2D eigenvalue weighted by Gasteiger charge is -2.27. The molecule has 0 bridgehead atoms. The van der Waals surface area contributed by atoms with E-state index in [1.165, 1.54) is 6.92 Å². The highest BCUT2D eigenvalue weighted by Gasteiger charge is 2.33. The second-order valence-electron chi connectivity index (χ2n) is 8.18. The van der Waals surface area contributed by atoms with Gasteiger partial charge in [-0.3, -0.25) is 19.2 Å². The minimum Gasteiger partial charge on any atom is -0.481 e. The molecule has 0 fully saturated rings. The number of carbonyl (C=O) groups excluding carboxylic acids is 3. The molecule has 0 saturated carbocycles. The second kappa shape index (κ2) is 15.1. The Bertz CT molecular complexity index is 685. The van der Waals surface area contributed by atoms with Gasteiger partial charge in [-0.15, -0.1) is 0 Å². The summed E-state index contributed by atoms with van der Waals surface area (Å²) >= 11 is 0. The van der Waals surface area contributed by atoms with E-state index in [4.69, 9.17) is 21.7 Å². The molecule has 0 aromatic heterocycles. The largest absolute Gasteiger partial charge is 0.481 e. The molecule has 0 aliphatic heterocycles. The number of aliphatic hydroxyl groups excluding tert-OH is 1. The van der Waals surface area contributed by atoms with Crippen molar-refractivity contribution in [2.45, 2.75) is 83.1 Å². The van der Waals surface area contributed by atoms with Crippen LogP contribution in [0.5, 0.6) is 0 Å². The average Bonchev–Trinajstić information content (AvgIpc) is 2.72. The molecule has 10 N–H and O–H groups in total. The Morgan fingerprint density at radius 3 is 1.85 bits per heavy atom. The first kappa shape index (κ1) is 30.2. The lowest BCUT2D eigenvalue weighted by molar-refractivity contribution is -0.145. The number of carboxylic acid groups (broad SMARTS) is 2. The van der Waals surface area contributed by atoms with E-state index in [9.17, 15) is 29.1 Å². The van der Waals surface area contributed by atoms with Crippen molar-refractivity contribution in [3.63, 3.8) is 0 Å². The van der Waals surface area contributed by atoms with E-state index < -0.39 is 65.8 Å². The highest BCUT2D eigenvalue weighted by Crippen LogP contribution is 2.08. The van der Waals surface area contributed by atoms with Gasteiger partial charge in [0.1, 0.15) is 12.1 Å². The normalized spacial score (nSPS) is 15.6. The molecule has 0 saturated heterocycles. The number of unbranched alkanes of at least 4 members (excludes halogenated alkanes) is 1. The summed E-state index contributed by atoms with van der Waals surface area (Å²) in [5.74, 6) is -5.21. The van der Waals surface area contributed by atoms with E-state index in [-0.39, 0.29) is 19.3 Å².